The maximum absolute atomic E-state index is 11.6. The average molecular weight is 408 g/mol. The van der Waals surface area contributed by atoms with Gasteiger partial charge in [-0.3, -0.25) is 0 Å². The number of carboxylic acids is 1. The standard InChI is InChI=1S/C19H13BrN4O2/c1-11-18(22-23-24(11)13-5-3-2-4-6-13)17-10-15(19(25)26)14-9-12(20)7-8-16(14)21-17/h2-10H,1H3,(H,25,26)/p-1. The Balaban J connectivity index is 1.92. The highest BCUT2D eigenvalue weighted by molar-refractivity contribution is 9.10. The molecule has 0 saturated heterocycles. The van der Waals surface area contributed by atoms with Crippen LogP contribution in [0.2, 0.25) is 0 Å². The second-order valence-electron chi connectivity index (χ2n) is 5.77. The van der Waals surface area contributed by atoms with Crippen molar-refractivity contribution in [3.05, 3.63) is 70.3 Å². The van der Waals surface area contributed by atoms with Gasteiger partial charge in [0.1, 0.15) is 5.69 Å². The lowest BCUT2D eigenvalue weighted by Crippen LogP contribution is -2.22. The molecule has 2 aromatic heterocycles. The van der Waals surface area contributed by atoms with Crippen molar-refractivity contribution >= 4 is 32.8 Å². The van der Waals surface area contributed by atoms with Crippen LogP contribution in [0.3, 0.4) is 0 Å². The van der Waals surface area contributed by atoms with Gasteiger partial charge >= 0.3 is 0 Å². The summed E-state index contributed by atoms with van der Waals surface area (Å²) < 4.78 is 2.47. The number of aromatic carboxylic acids is 1. The molecule has 0 spiro atoms. The molecular weight excluding hydrogens is 396 g/mol. The number of carbonyl (C=O) groups is 1. The Morgan fingerprint density at radius 3 is 2.62 bits per heavy atom. The van der Waals surface area contributed by atoms with E-state index in [1.807, 2.05) is 43.3 Å². The van der Waals surface area contributed by atoms with Crippen molar-refractivity contribution in [3.8, 4) is 17.1 Å². The number of aromatic nitrogens is 4. The lowest BCUT2D eigenvalue weighted by molar-refractivity contribution is -0.254. The summed E-state index contributed by atoms with van der Waals surface area (Å²) in [5, 5.41) is 20.5. The number of rotatable bonds is 3. The fourth-order valence-corrected chi connectivity index (χ4v) is 3.23. The predicted octanol–water partition coefficient (Wildman–Crippen LogP) is 2.92. The average Bonchev–Trinajstić information content (AvgIpc) is 3.03. The molecule has 0 unspecified atom stereocenters. The normalized spacial score (nSPS) is 11.0. The number of fused-ring (bicyclic) bond motifs is 1. The molecule has 128 valence electrons. The maximum Gasteiger partial charge on any atom is 0.134 e. The summed E-state index contributed by atoms with van der Waals surface area (Å²) in [6.45, 7) is 1.87. The molecule has 4 rings (SSSR count). The largest absolute Gasteiger partial charge is 0.545 e. The molecule has 0 N–H and O–H groups in total. The molecule has 0 fully saturated rings. The SMILES string of the molecule is Cc1c(-c2cc(C(=O)[O-])c3cc(Br)ccc3n2)nnn1-c1ccccc1. The fraction of sp³-hybridized carbons (Fsp3) is 0.0526. The zero-order valence-corrected chi connectivity index (χ0v) is 15.3. The monoisotopic (exact) mass is 407 g/mol. The predicted molar refractivity (Wildman–Crippen MR) is 98.9 cm³/mol. The van der Waals surface area contributed by atoms with Gasteiger partial charge in [-0.05, 0) is 43.3 Å². The van der Waals surface area contributed by atoms with Gasteiger partial charge < -0.3 is 9.90 Å². The third kappa shape index (κ3) is 2.76. The number of halogens is 1. The van der Waals surface area contributed by atoms with Gasteiger partial charge in [0.15, 0.2) is 0 Å². The number of hydrogen-bond donors (Lipinski definition) is 0. The van der Waals surface area contributed by atoms with Crippen molar-refractivity contribution in [1.82, 2.24) is 20.0 Å². The van der Waals surface area contributed by atoms with Crippen molar-refractivity contribution in [2.24, 2.45) is 0 Å². The number of para-hydroxylation sites is 1. The van der Waals surface area contributed by atoms with Gasteiger partial charge in [0.05, 0.1) is 28.6 Å². The number of nitrogens with zero attached hydrogens (tertiary/aromatic N) is 4. The van der Waals surface area contributed by atoms with Crippen molar-refractivity contribution in [1.29, 1.82) is 0 Å². The zero-order valence-electron chi connectivity index (χ0n) is 13.7. The minimum atomic E-state index is -1.26. The number of hydrogen-bond acceptors (Lipinski definition) is 5. The Morgan fingerprint density at radius 1 is 1.12 bits per heavy atom. The maximum atomic E-state index is 11.6. The van der Waals surface area contributed by atoms with E-state index in [0.29, 0.717) is 22.3 Å². The van der Waals surface area contributed by atoms with Crippen LogP contribution < -0.4 is 5.11 Å². The van der Waals surface area contributed by atoms with Gasteiger partial charge in [-0.1, -0.05) is 39.3 Å². The Hall–Kier alpha value is -3.06. The quantitative estimate of drug-likeness (QED) is 0.521. The summed E-state index contributed by atoms with van der Waals surface area (Å²) >= 11 is 3.35. The van der Waals surface area contributed by atoms with E-state index in [1.54, 1.807) is 16.8 Å². The van der Waals surface area contributed by atoms with Crippen molar-refractivity contribution in [3.63, 3.8) is 0 Å². The molecule has 6 nitrogen and oxygen atoms in total. The van der Waals surface area contributed by atoms with Crippen LogP contribution in [-0.4, -0.2) is 25.9 Å². The number of carboxylic acid groups (broad SMARTS) is 1. The molecule has 2 heterocycles. The van der Waals surface area contributed by atoms with Crippen LogP contribution in [0.15, 0.2) is 59.1 Å². The molecular formula is C19H12BrN4O2-. The highest BCUT2D eigenvalue weighted by Gasteiger charge is 2.16. The van der Waals surface area contributed by atoms with Crippen LogP contribution in [0.1, 0.15) is 16.1 Å². The summed E-state index contributed by atoms with van der Waals surface area (Å²) in [5.74, 6) is -1.26. The van der Waals surface area contributed by atoms with Crippen LogP contribution in [0.5, 0.6) is 0 Å². The highest BCUT2D eigenvalue weighted by atomic mass is 79.9. The van der Waals surface area contributed by atoms with Gasteiger partial charge in [-0.2, -0.15) is 0 Å². The van der Waals surface area contributed by atoms with Crippen LogP contribution in [-0.2, 0) is 0 Å². The molecule has 2 aromatic carbocycles. The van der Waals surface area contributed by atoms with Gasteiger partial charge in [0.2, 0.25) is 0 Å². The summed E-state index contributed by atoms with van der Waals surface area (Å²) in [7, 11) is 0. The van der Waals surface area contributed by atoms with Crippen LogP contribution >= 0.6 is 15.9 Å². The Morgan fingerprint density at radius 2 is 1.88 bits per heavy atom. The highest BCUT2D eigenvalue weighted by Crippen LogP contribution is 2.28. The first-order valence-electron chi connectivity index (χ1n) is 7.84. The number of benzene rings is 2. The van der Waals surface area contributed by atoms with E-state index in [1.165, 1.54) is 6.07 Å². The number of pyridine rings is 1. The summed E-state index contributed by atoms with van der Waals surface area (Å²) in [6.07, 6.45) is 0. The van der Waals surface area contributed by atoms with E-state index >= 15 is 0 Å². The van der Waals surface area contributed by atoms with E-state index in [2.05, 4.69) is 31.2 Å². The zero-order chi connectivity index (χ0) is 18.3. The second kappa shape index (κ2) is 6.34. The van der Waals surface area contributed by atoms with Crippen LogP contribution in [0.4, 0.5) is 0 Å². The fourth-order valence-electron chi connectivity index (χ4n) is 2.87. The Kier molecular flexibility index (Phi) is 4.00. The summed E-state index contributed by atoms with van der Waals surface area (Å²) in [4.78, 5) is 16.2. The topological polar surface area (TPSA) is 83.7 Å². The van der Waals surface area contributed by atoms with Crippen molar-refractivity contribution < 1.29 is 9.90 Å². The van der Waals surface area contributed by atoms with E-state index in [0.717, 1.165) is 15.9 Å². The lowest BCUT2D eigenvalue weighted by Gasteiger charge is -2.10. The first-order valence-corrected chi connectivity index (χ1v) is 8.63. The molecule has 4 aromatic rings. The van der Waals surface area contributed by atoms with E-state index in [9.17, 15) is 9.90 Å². The molecule has 0 saturated carbocycles. The molecule has 0 amide bonds. The third-order valence-electron chi connectivity index (χ3n) is 4.13. The van der Waals surface area contributed by atoms with E-state index < -0.39 is 5.97 Å². The molecule has 0 aliphatic heterocycles. The first-order chi connectivity index (χ1) is 12.5. The lowest BCUT2D eigenvalue weighted by atomic mass is 10.1. The molecule has 0 bridgehead atoms. The van der Waals surface area contributed by atoms with Crippen LogP contribution in [0, 0.1) is 6.92 Å². The number of carbonyl (C=O) groups excluding carboxylic acids is 1. The Labute approximate surface area is 157 Å². The van der Waals surface area contributed by atoms with E-state index in [4.69, 9.17) is 0 Å². The molecule has 0 radical (unpaired) electrons. The Bertz CT molecular complexity index is 1140. The molecule has 0 aliphatic carbocycles. The van der Waals surface area contributed by atoms with E-state index in [-0.39, 0.29) is 5.56 Å². The van der Waals surface area contributed by atoms with Crippen LogP contribution in [0.25, 0.3) is 28.0 Å². The second-order valence-corrected chi connectivity index (χ2v) is 6.69. The molecule has 7 heteroatoms. The minimum Gasteiger partial charge on any atom is -0.545 e. The molecule has 0 aliphatic rings. The summed E-state index contributed by atoms with van der Waals surface area (Å²) in [6, 6.07) is 16.4. The molecule has 0 atom stereocenters. The van der Waals surface area contributed by atoms with Gasteiger partial charge in [0, 0.05) is 15.4 Å². The van der Waals surface area contributed by atoms with Gasteiger partial charge in [-0.15, -0.1) is 5.10 Å². The van der Waals surface area contributed by atoms with Crippen molar-refractivity contribution in [2.75, 3.05) is 0 Å². The van der Waals surface area contributed by atoms with Crippen molar-refractivity contribution in [2.45, 2.75) is 6.92 Å². The van der Waals surface area contributed by atoms with Gasteiger partial charge in [-0.25, -0.2) is 9.67 Å². The smallest absolute Gasteiger partial charge is 0.134 e. The molecule has 26 heavy (non-hydrogen) atoms. The third-order valence-corrected chi connectivity index (χ3v) is 4.62. The minimum absolute atomic E-state index is 0.0694. The first kappa shape index (κ1) is 16.4. The van der Waals surface area contributed by atoms with Gasteiger partial charge in [0.25, 0.3) is 0 Å². The summed E-state index contributed by atoms with van der Waals surface area (Å²) in [5.41, 5.74) is 3.23.